The predicted octanol–water partition coefficient (Wildman–Crippen LogP) is 5.98. The molecule has 1 saturated carbocycles. The van der Waals surface area contributed by atoms with Gasteiger partial charge in [0.25, 0.3) is 5.56 Å². The van der Waals surface area contributed by atoms with E-state index in [1.807, 2.05) is 6.92 Å². The molecule has 13 heteroatoms. The van der Waals surface area contributed by atoms with E-state index in [9.17, 15) is 9.59 Å². The summed E-state index contributed by atoms with van der Waals surface area (Å²) in [7, 11) is -2.21. The van der Waals surface area contributed by atoms with Crippen molar-refractivity contribution in [3.63, 3.8) is 0 Å². The first-order valence-electron chi connectivity index (χ1n) is 13.4. The Labute approximate surface area is 240 Å². The van der Waals surface area contributed by atoms with Crippen molar-refractivity contribution in [1.82, 2.24) is 9.55 Å². The predicted molar refractivity (Wildman–Crippen MR) is 160 cm³/mol. The highest BCUT2D eigenvalue weighted by Gasteiger charge is 2.57. The first-order chi connectivity index (χ1) is 17.9. The summed E-state index contributed by atoms with van der Waals surface area (Å²) >= 11 is 7.49. The van der Waals surface area contributed by atoms with E-state index < -0.39 is 49.9 Å². The van der Waals surface area contributed by atoms with Crippen LogP contribution in [0.3, 0.4) is 0 Å². The Kier molecular flexibility index (Phi) is 8.77. The maximum absolute atomic E-state index is 16.3. The first kappa shape index (κ1) is 31.3. The lowest BCUT2D eigenvalue weighted by Crippen LogP contribution is -2.44. The molecule has 0 bridgehead atoms. The molecule has 39 heavy (non-hydrogen) atoms. The Morgan fingerprint density at radius 1 is 1.41 bits per heavy atom. The van der Waals surface area contributed by atoms with Gasteiger partial charge in [0.2, 0.25) is 5.69 Å². The summed E-state index contributed by atoms with van der Waals surface area (Å²) in [6.45, 7) is 20.6. The highest BCUT2D eigenvalue weighted by Crippen LogP contribution is 2.76. The molecule has 1 unspecified atom stereocenters. The van der Waals surface area contributed by atoms with Crippen LogP contribution < -0.4 is 11.2 Å². The molecule has 0 amide bonds. The van der Waals surface area contributed by atoms with Crippen LogP contribution >= 0.6 is 17.1 Å². The van der Waals surface area contributed by atoms with E-state index in [0.29, 0.717) is 5.92 Å². The number of alkyl halides is 1. The summed E-state index contributed by atoms with van der Waals surface area (Å²) in [6.07, 6.45) is -1.01. The van der Waals surface area contributed by atoms with E-state index in [4.69, 9.17) is 30.0 Å². The van der Waals surface area contributed by atoms with Crippen LogP contribution in [0.1, 0.15) is 65.7 Å². The Hall–Kier alpha value is -0.593. The number of ether oxygens (including phenoxy) is 1. The van der Waals surface area contributed by atoms with Crippen LogP contribution in [0.5, 0.6) is 0 Å². The number of nitrogens with zero attached hydrogens (tertiary/aromatic N) is 1. The van der Waals surface area contributed by atoms with Crippen molar-refractivity contribution in [3.8, 4) is 0 Å². The fraction of sp³-hybridized carbons (Fsp3) is 0.769. The summed E-state index contributed by atoms with van der Waals surface area (Å²) in [4.78, 5) is 26.8. The Bertz CT molecular complexity index is 1280. The van der Waals surface area contributed by atoms with Gasteiger partial charge < -0.3 is 18.2 Å². The van der Waals surface area contributed by atoms with Crippen LogP contribution in [0.4, 0.5) is 4.39 Å². The topological polar surface area (TPSA) is 91.8 Å². The second kappa shape index (κ2) is 10.9. The minimum absolute atomic E-state index is 0.0653. The largest absolute Gasteiger partial charge is 0.414 e. The minimum Gasteiger partial charge on any atom is -0.414 e. The van der Waals surface area contributed by atoms with Gasteiger partial charge in [-0.2, -0.15) is 0 Å². The molecule has 0 aromatic carbocycles. The van der Waals surface area contributed by atoms with Gasteiger partial charge in [0.1, 0.15) is 12.2 Å². The molecular formula is C26H42FN2O6PS2Si. The molecule has 3 heterocycles. The zero-order chi connectivity index (χ0) is 29.1. The van der Waals surface area contributed by atoms with Crippen LogP contribution in [0.15, 0.2) is 27.9 Å². The van der Waals surface area contributed by atoms with Crippen LogP contribution in [-0.4, -0.2) is 53.7 Å². The van der Waals surface area contributed by atoms with Crippen molar-refractivity contribution in [2.75, 3.05) is 6.61 Å². The minimum atomic E-state index is -2.95. The lowest BCUT2D eigenvalue weighted by Gasteiger charge is -2.37. The second-order valence-corrected chi connectivity index (χ2v) is 24.3. The molecule has 3 fully saturated rings. The van der Waals surface area contributed by atoms with Crippen molar-refractivity contribution in [3.05, 3.63) is 44.8 Å². The normalized spacial score (nSPS) is 37.2. The van der Waals surface area contributed by atoms with Crippen molar-refractivity contribution >= 4 is 37.2 Å². The molecule has 220 valence electrons. The Morgan fingerprint density at radius 3 is 2.69 bits per heavy atom. The Balaban J connectivity index is 1.62. The maximum Gasteiger partial charge on any atom is 0.330 e. The van der Waals surface area contributed by atoms with E-state index in [1.54, 1.807) is 6.92 Å². The molecule has 1 aromatic rings. The van der Waals surface area contributed by atoms with Crippen LogP contribution in [-0.2, 0) is 30.0 Å². The zero-order valence-electron chi connectivity index (χ0n) is 24.1. The van der Waals surface area contributed by atoms with Gasteiger partial charge in [-0.25, -0.2) is 9.18 Å². The van der Waals surface area contributed by atoms with Gasteiger partial charge in [-0.3, -0.25) is 14.3 Å². The average molecular weight is 621 g/mol. The summed E-state index contributed by atoms with van der Waals surface area (Å²) in [6, 6.07) is 0. The van der Waals surface area contributed by atoms with Gasteiger partial charge in [0.15, 0.2) is 20.7 Å². The number of hydrogen-bond acceptors (Lipinski definition) is 8. The number of rotatable bonds is 7. The summed E-state index contributed by atoms with van der Waals surface area (Å²) < 4.78 is 42.5. The van der Waals surface area contributed by atoms with Gasteiger partial charge >= 0.3 is 5.69 Å². The molecule has 4 rings (SSSR count). The molecule has 1 aliphatic carbocycles. The monoisotopic (exact) mass is 620 g/mol. The number of allylic oxidation sites excluding steroid dienone is 1. The quantitative estimate of drug-likeness (QED) is 0.226. The smallest absolute Gasteiger partial charge is 0.330 e. The number of fused-ring (bicyclic) bond motifs is 1. The molecule has 2 saturated heterocycles. The summed E-state index contributed by atoms with van der Waals surface area (Å²) in [5.74, 6) is 0.361. The molecule has 0 radical (unpaired) electrons. The third-order valence-corrected chi connectivity index (χ3v) is 19.0. The van der Waals surface area contributed by atoms with Crippen molar-refractivity contribution in [2.24, 2.45) is 5.92 Å². The van der Waals surface area contributed by atoms with Gasteiger partial charge in [0.05, 0.1) is 12.7 Å². The molecule has 3 aliphatic rings. The van der Waals surface area contributed by atoms with Gasteiger partial charge in [-0.15, -0.1) is 0 Å². The number of nitrogens with one attached hydrogen (secondary N) is 1. The van der Waals surface area contributed by atoms with Gasteiger partial charge in [-0.05, 0) is 75.9 Å². The molecule has 8 atom stereocenters. The Morgan fingerprint density at radius 2 is 2.08 bits per heavy atom. The molecule has 1 aromatic heterocycles. The SMILES string of the molecule is C=C(C)[C@@H]1CC[C@]2(C)SP(=S)(O[C@H]3[C@@H](F)[C@H](n4cc(C)c(=O)[nH]c4=O)O[C@@H]3CO[Si](C)(C)C(C)(C)C)O[C@H]2C1. The van der Waals surface area contributed by atoms with Crippen LogP contribution in [0, 0.1) is 12.8 Å². The van der Waals surface area contributed by atoms with E-state index in [0.717, 1.165) is 29.4 Å². The van der Waals surface area contributed by atoms with Gasteiger partial charge in [0, 0.05) is 16.5 Å². The number of hydrogen-bond donors (Lipinski definition) is 1. The zero-order valence-corrected chi connectivity index (χ0v) is 27.6. The molecular weight excluding hydrogens is 578 g/mol. The number of aromatic amines is 1. The number of aromatic nitrogens is 2. The number of halogens is 1. The highest BCUT2D eigenvalue weighted by atomic mass is 32.9. The molecule has 0 spiro atoms. The van der Waals surface area contributed by atoms with Crippen LogP contribution in [0.25, 0.3) is 0 Å². The van der Waals surface area contributed by atoms with E-state index in [2.05, 4.69) is 52.4 Å². The number of H-pyrrole nitrogens is 1. The molecule has 8 nitrogen and oxygen atoms in total. The number of aryl methyl sites for hydroxylation is 1. The lowest BCUT2D eigenvalue weighted by atomic mass is 9.77. The second-order valence-electron chi connectivity index (χ2n) is 12.9. The standard InChI is InChI=1S/C26H42FN2O6PS2Si/c1-15(2)17-10-11-26(7)19(12-17)34-36(37,38-26)35-21-18(14-32-39(8,9)25(4,5)6)33-23(20(21)27)29-13-16(3)22(30)28-24(29)31/h13,17-21,23H,1,10-12,14H2,2-9H3,(H,28,30,31)/t17-,18-,19+,20-,21-,23-,26+,36?/m1/s1. The van der Waals surface area contributed by atoms with Crippen LogP contribution in [0.2, 0.25) is 18.1 Å². The maximum atomic E-state index is 16.3. The average Bonchev–Trinajstić information content (AvgIpc) is 3.25. The lowest BCUT2D eigenvalue weighted by molar-refractivity contribution is -0.0449. The van der Waals surface area contributed by atoms with Crippen molar-refractivity contribution in [1.29, 1.82) is 0 Å². The van der Waals surface area contributed by atoms with Crippen molar-refractivity contribution < 1.29 is 22.6 Å². The third-order valence-electron chi connectivity index (χ3n) is 8.79. The fourth-order valence-corrected chi connectivity index (χ4v) is 13.6. The fourth-order valence-electron chi connectivity index (χ4n) is 5.04. The van der Waals surface area contributed by atoms with E-state index >= 15 is 4.39 Å². The summed E-state index contributed by atoms with van der Waals surface area (Å²) in [5.41, 5.74) is -2.82. The highest BCUT2D eigenvalue weighted by molar-refractivity contribution is 8.68. The van der Waals surface area contributed by atoms with E-state index in [1.165, 1.54) is 17.6 Å². The van der Waals surface area contributed by atoms with Gasteiger partial charge in [-0.1, -0.05) is 44.3 Å². The summed E-state index contributed by atoms with van der Waals surface area (Å²) in [5, 5.41) is -0.0653. The van der Waals surface area contributed by atoms with E-state index in [-0.39, 0.29) is 28.1 Å². The first-order valence-corrected chi connectivity index (χ1v) is 20.4. The third kappa shape index (κ3) is 6.28. The van der Waals surface area contributed by atoms with Crippen molar-refractivity contribution in [2.45, 2.75) is 114 Å². The molecule has 2 aliphatic heterocycles. The molecule has 1 N–H and O–H groups in total.